The van der Waals surface area contributed by atoms with Gasteiger partial charge in [0.15, 0.2) is 6.29 Å². The zero-order valence-corrected chi connectivity index (χ0v) is 10.3. The second-order valence-electron chi connectivity index (χ2n) is 3.98. The van der Waals surface area contributed by atoms with E-state index in [9.17, 15) is 9.59 Å². The third kappa shape index (κ3) is 2.70. The average Bonchev–Trinajstić information content (AvgIpc) is 2.76. The number of anilines is 1. The number of carbonyl (C=O) groups is 2. The SMILES string of the molecule is NC(=O)O[C@H]1CCN(c2cc(Cl)ncc2C=O)C1. The molecular formula is C11H12ClN3O3. The Morgan fingerprint density at radius 1 is 1.67 bits per heavy atom. The Labute approximate surface area is 109 Å². The molecule has 0 aromatic carbocycles. The number of hydrogen-bond acceptors (Lipinski definition) is 5. The summed E-state index contributed by atoms with van der Waals surface area (Å²) in [5.41, 5.74) is 6.12. The van der Waals surface area contributed by atoms with Crippen LogP contribution in [0.15, 0.2) is 12.3 Å². The van der Waals surface area contributed by atoms with Crippen LogP contribution in [-0.4, -0.2) is 36.6 Å². The van der Waals surface area contributed by atoms with Crippen LogP contribution in [0.3, 0.4) is 0 Å². The zero-order chi connectivity index (χ0) is 13.1. The van der Waals surface area contributed by atoms with Crippen molar-refractivity contribution < 1.29 is 14.3 Å². The molecule has 1 fully saturated rings. The van der Waals surface area contributed by atoms with Crippen molar-refractivity contribution in [1.82, 2.24) is 4.98 Å². The van der Waals surface area contributed by atoms with E-state index in [2.05, 4.69) is 4.98 Å². The number of aromatic nitrogens is 1. The molecule has 1 aromatic heterocycles. The number of carbonyl (C=O) groups excluding carboxylic acids is 2. The Hall–Kier alpha value is -1.82. The van der Waals surface area contributed by atoms with Gasteiger partial charge in [-0.05, 0) is 6.07 Å². The predicted molar refractivity (Wildman–Crippen MR) is 65.9 cm³/mol. The molecule has 1 saturated heterocycles. The number of halogens is 1. The van der Waals surface area contributed by atoms with Gasteiger partial charge in [-0.15, -0.1) is 0 Å². The molecule has 1 aliphatic rings. The Balaban J connectivity index is 2.15. The first-order chi connectivity index (χ1) is 8.60. The summed E-state index contributed by atoms with van der Waals surface area (Å²) >= 11 is 5.81. The summed E-state index contributed by atoms with van der Waals surface area (Å²) in [6.07, 6.45) is 1.77. The quantitative estimate of drug-likeness (QED) is 0.659. The van der Waals surface area contributed by atoms with Gasteiger partial charge >= 0.3 is 6.09 Å². The lowest BCUT2D eigenvalue weighted by Crippen LogP contribution is -2.27. The molecule has 0 spiro atoms. The number of nitrogens with zero attached hydrogens (tertiary/aromatic N) is 2. The third-order valence-corrected chi connectivity index (χ3v) is 2.98. The molecule has 0 unspecified atom stereocenters. The maximum atomic E-state index is 10.9. The fourth-order valence-corrected chi connectivity index (χ4v) is 2.16. The van der Waals surface area contributed by atoms with Crippen molar-refractivity contribution in [2.45, 2.75) is 12.5 Å². The van der Waals surface area contributed by atoms with Crippen LogP contribution < -0.4 is 10.6 Å². The molecule has 7 heteroatoms. The molecule has 0 bridgehead atoms. The van der Waals surface area contributed by atoms with Gasteiger partial charge in [-0.2, -0.15) is 0 Å². The number of primary amides is 1. The first-order valence-electron chi connectivity index (χ1n) is 5.42. The average molecular weight is 270 g/mol. The minimum absolute atomic E-state index is 0.256. The number of aldehydes is 1. The maximum Gasteiger partial charge on any atom is 0.404 e. The van der Waals surface area contributed by atoms with Crippen LogP contribution in [0, 0.1) is 0 Å². The van der Waals surface area contributed by atoms with E-state index in [-0.39, 0.29) is 6.10 Å². The summed E-state index contributed by atoms with van der Waals surface area (Å²) in [7, 11) is 0. The van der Waals surface area contributed by atoms with E-state index in [1.165, 1.54) is 6.20 Å². The predicted octanol–water partition coefficient (Wildman–Crippen LogP) is 1.22. The van der Waals surface area contributed by atoms with Gasteiger partial charge in [0.2, 0.25) is 0 Å². The van der Waals surface area contributed by atoms with Crippen LogP contribution in [0.2, 0.25) is 5.15 Å². The van der Waals surface area contributed by atoms with E-state index in [0.717, 1.165) is 6.29 Å². The zero-order valence-electron chi connectivity index (χ0n) is 9.51. The first-order valence-corrected chi connectivity index (χ1v) is 5.79. The number of hydrogen-bond donors (Lipinski definition) is 1. The van der Waals surface area contributed by atoms with Crippen molar-refractivity contribution in [2.24, 2.45) is 5.73 Å². The van der Waals surface area contributed by atoms with Crippen LogP contribution in [0.25, 0.3) is 0 Å². The second kappa shape index (κ2) is 5.22. The van der Waals surface area contributed by atoms with Crippen molar-refractivity contribution in [2.75, 3.05) is 18.0 Å². The minimum atomic E-state index is -0.787. The molecule has 2 N–H and O–H groups in total. The lowest BCUT2D eigenvalue weighted by atomic mass is 10.2. The van der Waals surface area contributed by atoms with Gasteiger partial charge in [0.1, 0.15) is 11.3 Å². The van der Waals surface area contributed by atoms with Crippen LogP contribution >= 0.6 is 11.6 Å². The first kappa shape index (κ1) is 12.6. The number of nitrogens with two attached hydrogens (primary N) is 1. The summed E-state index contributed by atoms with van der Waals surface area (Å²) in [5.74, 6) is 0. The van der Waals surface area contributed by atoms with E-state index in [1.807, 2.05) is 4.90 Å². The van der Waals surface area contributed by atoms with E-state index in [4.69, 9.17) is 22.1 Å². The molecule has 1 aromatic rings. The third-order valence-electron chi connectivity index (χ3n) is 2.77. The number of rotatable bonds is 3. The highest BCUT2D eigenvalue weighted by Gasteiger charge is 2.26. The largest absolute Gasteiger partial charge is 0.444 e. The molecule has 2 rings (SSSR count). The van der Waals surface area contributed by atoms with Gasteiger partial charge in [-0.3, -0.25) is 4.79 Å². The second-order valence-corrected chi connectivity index (χ2v) is 4.36. The molecule has 2 heterocycles. The van der Waals surface area contributed by atoms with Crippen molar-refractivity contribution in [1.29, 1.82) is 0 Å². The summed E-state index contributed by atoms with van der Waals surface area (Å²) < 4.78 is 4.93. The molecule has 1 aliphatic heterocycles. The molecular weight excluding hydrogens is 258 g/mol. The van der Waals surface area contributed by atoms with Crippen molar-refractivity contribution >= 4 is 29.7 Å². The highest BCUT2D eigenvalue weighted by Crippen LogP contribution is 2.26. The van der Waals surface area contributed by atoms with Crippen LogP contribution in [0.4, 0.5) is 10.5 Å². The molecule has 96 valence electrons. The number of amides is 1. The fraction of sp³-hybridized carbons (Fsp3) is 0.364. The summed E-state index contributed by atoms with van der Waals surface area (Å²) in [6.45, 7) is 1.16. The Bertz CT molecular complexity index is 481. The Morgan fingerprint density at radius 2 is 2.44 bits per heavy atom. The highest BCUT2D eigenvalue weighted by atomic mass is 35.5. The molecule has 6 nitrogen and oxygen atoms in total. The molecule has 0 saturated carbocycles. The van der Waals surface area contributed by atoms with E-state index < -0.39 is 6.09 Å². The van der Waals surface area contributed by atoms with Crippen LogP contribution in [0.5, 0.6) is 0 Å². The van der Waals surface area contributed by atoms with Gasteiger partial charge in [0.05, 0.1) is 17.8 Å². The van der Waals surface area contributed by atoms with Crippen LogP contribution in [-0.2, 0) is 4.74 Å². The normalized spacial score (nSPS) is 18.7. The summed E-state index contributed by atoms with van der Waals surface area (Å²) in [4.78, 5) is 27.4. The molecule has 0 aliphatic carbocycles. The van der Waals surface area contributed by atoms with Gasteiger partial charge in [-0.25, -0.2) is 9.78 Å². The summed E-state index contributed by atoms with van der Waals surface area (Å²) in [6, 6.07) is 1.62. The van der Waals surface area contributed by atoms with Gasteiger partial charge in [0, 0.05) is 19.2 Å². The monoisotopic (exact) mass is 269 g/mol. The summed E-state index contributed by atoms with van der Waals surface area (Å²) in [5, 5.41) is 0.315. The lowest BCUT2D eigenvalue weighted by Gasteiger charge is -2.20. The van der Waals surface area contributed by atoms with Crippen molar-refractivity contribution in [3.05, 3.63) is 23.0 Å². The van der Waals surface area contributed by atoms with E-state index in [0.29, 0.717) is 35.9 Å². The van der Waals surface area contributed by atoms with Crippen molar-refractivity contribution in [3.8, 4) is 0 Å². The molecule has 0 radical (unpaired) electrons. The van der Waals surface area contributed by atoms with Gasteiger partial charge in [0.25, 0.3) is 0 Å². The molecule has 18 heavy (non-hydrogen) atoms. The number of ether oxygens (including phenoxy) is 1. The van der Waals surface area contributed by atoms with Gasteiger partial charge < -0.3 is 15.4 Å². The molecule has 1 atom stereocenters. The number of pyridine rings is 1. The minimum Gasteiger partial charge on any atom is -0.444 e. The van der Waals surface area contributed by atoms with E-state index in [1.54, 1.807) is 6.07 Å². The smallest absolute Gasteiger partial charge is 0.404 e. The van der Waals surface area contributed by atoms with Crippen LogP contribution in [0.1, 0.15) is 16.8 Å². The fourth-order valence-electron chi connectivity index (χ4n) is 2.00. The highest BCUT2D eigenvalue weighted by molar-refractivity contribution is 6.29. The lowest BCUT2D eigenvalue weighted by molar-refractivity contribution is 0.112. The Morgan fingerprint density at radius 3 is 3.11 bits per heavy atom. The topological polar surface area (TPSA) is 85.5 Å². The Kier molecular flexibility index (Phi) is 3.66. The van der Waals surface area contributed by atoms with Gasteiger partial charge in [-0.1, -0.05) is 11.6 Å². The molecule has 1 amide bonds. The van der Waals surface area contributed by atoms with Crippen molar-refractivity contribution in [3.63, 3.8) is 0 Å². The maximum absolute atomic E-state index is 10.9. The standard InChI is InChI=1S/C11H12ClN3O3/c12-10-3-9(7(6-16)4-14-10)15-2-1-8(5-15)18-11(13)17/h3-4,6,8H,1-2,5H2,(H2,13,17)/t8-/m0/s1. The van der Waals surface area contributed by atoms with E-state index >= 15 is 0 Å².